The molecule has 0 aromatic heterocycles. The lowest BCUT2D eigenvalue weighted by Crippen LogP contribution is -2.39. The standard InChI is InChI=1S/C12H16ClFN2O2/c1-8(7-18-2)16-12(17)6-15-9-3-4-11(14)10(13)5-9/h3-5,8,15H,6-7H2,1-2H3,(H,16,17)/t8-/m1/s1. The molecule has 6 heteroatoms. The highest BCUT2D eigenvalue weighted by Crippen LogP contribution is 2.18. The molecule has 0 spiro atoms. The molecular formula is C12H16ClFN2O2. The van der Waals surface area contributed by atoms with Crippen molar-refractivity contribution >= 4 is 23.2 Å². The second-order valence-electron chi connectivity index (χ2n) is 3.91. The highest BCUT2D eigenvalue weighted by Gasteiger charge is 2.07. The first kappa shape index (κ1) is 14.7. The van der Waals surface area contributed by atoms with Crippen molar-refractivity contribution in [1.29, 1.82) is 0 Å². The number of benzene rings is 1. The summed E-state index contributed by atoms with van der Waals surface area (Å²) in [5, 5.41) is 5.62. The summed E-state index contributed by atoms with van der Waals surface area (Å²) < 4.78 is 17.8. The monoisotopic (exact) mass is 274 g/mol. The van der Waals surface area contributed by atoms with E-state index in [0.29, 0.717) is 12.3 Å². The molecule has 0 radical (unpaired) electrons. The molecule has 1 aromatic rings. The normalized spacial score (nSPS) is 12.0. The highest BCUT2D eigenvalue weighted by molar-refractivity contribution is 6.31. The van der Waals surface area contributed by atoms with E-state index in [1.807, 2.05) is 6.92 Å². The van der Waals surface area contributed by atoms with Crippen LogP contribution < -0.4 is 10.6 Å². The summed E-state index contributed by atoms with van der Waals surface area (Å²) in [6.45, 7) is 2.39. The van der Waals surface area contributed by atoms with E-state index in [2.05, 4.69) is 10.6 Å². The van der Waals surface area contributed by atoms with Gasteiger partial charge in [-0.25, -0.2) is 4.39 Å². The fourth-order valence-corrected chi connectivity index (χ4v) is 1.59. The van der Waals surface area contributed by atoms with Crippen molar-refractivity contribution < 1.29 is 13.9 Å². The number of rotatable bonds is 6. The number of ether oxygens (including phenoxy) is 1. The van der Waals surface area contributed by atoms with Gasteiger partial charge in [0.05, 0.1) is 18.2 Å². The average Bonchev–Trinajstić information content (AvgIpc) is 2.31. The maximum Gasteiger partial charge on any atom is 0.239 e. The minimum absolute atomic E-state index is 0.0214. The number of nitrogens with one attached hydrogen (secondary N) is 2. The van der Waals surface area contributed by atoms with Crippen molar-refractivity contribution in [2.24, 2.45) is 0 Å². The number of halogens is 2. The summed E-state index contributed by atoms with van der Waals surface area (Å²) in [5.74, 6) is -0.652. The predicted octanol–water partition coefficient (Wildman–Crippen LogP) is 2.04. The molecule has 0 saturated carbocycles. The fraction of sp³-hybridized carbons (Fsp3) is 0.417. The third-order valence-electron chi connectivity index (χ3n) is 2.20. The Labute approximate surface area is 110 Å². The molecule has 1 aromatic carbocycles. The maximum atomic E-state index is 12.9. The smallest absolute Gasteiger partial charge is 0.239 e. The topological polar surface area (TPSA) is 50.4 Å². The van der Waals surface area contributed by atoms with Gasteiger partial charge in [0.1, 0.15) is 5.82 Å². The summed E-state index contributed by atoms with van der Waals surface area (Å²) >= 11 is 5.62. The Bertz CT molecular complexity index is 415. The molecule has 1 atom stereocenters. The van der Waals surface area contributed by atoms with Crippen molar-refractivity contribution in [3.05, 3.63) is 29.0 Å². The second-order valence-corrected chi connectivity index (χ2v) is 4.31. The van der Waals surface area contributed by atoms with Gasteiger partial charge in [-0.2, -0.15) is 0 Å². The third-order valence-corrected chi connectivity index (χ3v) is 2.49. The summed E-state index contributed by atoms with van der Waals surface area (Å²) in [7, 11) is 1.57. The van der Waals surface area contributed by atoms with Gasteiger partial charge in [-0.3, -0.25) is 4.79 Å². The van der Waals surface area contributed by atoms with Crippen molar-refractivity contribution in [3.8, 4) is 0 Å². The van der Waals surface area contributed by atoms with Crippen LogP contribution in [0.1, 0.15) is 6.92 Å². The lowest BCUT2D eigenvalue weighted by Gasteiger charge is -2.13. The molecular weight excluding hydrogens is 259 g/mol. The van der Waals surface area contributed by atoms with E-state index in [4.69, 9.17) is 16.3 Å². The number of amides is 1. The van der Waals surface area contributed by atoms with Crippen molar-refractivity contribution in [3.63, 3.8) is 0 Å². The number of carbonyl (C=O) groups is 1. The molecule has 0 aliphatic rings. The Hall–Kier alpha value is -1.33. The maximum absolute atomic E-state index is 12.9. The van der Waals surface area contributed by atoms with Gasteiger partial charge >= 0.3 is 0 Å². The Morgan fingerprint density at radius 1 is 1.56 bits per heavy atom. The van der Waals surface area contributed by atoms with Gasteiger partial charge in [0.25, 0.3) is 0 Å². The minimum atomic E-state index is -0.486. The lowest BCUT2D eigenvalue weighted by atomic mass is 10.3. The van der Waals surface area contributed by atoms with Crippen molar-refractivity contribution in [2.45, 2.75) is 13.0 Å². The molecule has 0 heterocycles. The van der Waals surface area contributed by atoms with Crippen LogP contribution in [-0.2, 0) is 9.53 Å². The molecule has 2 N–H and O–H groups in total. The molecule has 4 nitrogen and oxygen atoms in total. The molecule has 0 aliphatic carbocycles. The summed E-state index contributed by atoms with van der Waals surface area (Å²) in [5.41, 5.74) is 0.593. The minimum Gasteiger partial charge on any atom is -0.383 e. The first-order valence-electron chi connectivity index (χ1n) is 5.50. The van der Waals surface area contributed by atoms with Crippen LogP contribution in [0, 0.1) is 5.82 Å². The zero-order valence-electron chi connectivity index (χ0n) is 10.3. The zero-order chi connectivity index (χ0) is 13.5. The molecule has 0 fully saturated rings. The molecule has 0 unspecified atom stereocenters. The number of hydrogen-bond donors (Lipinski definition) is 2. The van der Waals surface area contributed by atoms with E-state index in [1.54, 1.807) is 7.11 Å². The van der Waals surface area contributed by atoms with E-state index in [-0.39, 0.29) is 23.5 Å². The fourth-order valence-electron chi connectivity index (χ4n) is 1.41. The van der Waals surface area contributed by atoms with E-state index >= 15 is 0 Å². The predicted molar refractivity (Wildman–Crippen MR) is 69.4 cm³/mol. The van der Waals surface area contributed by atoms with Crippen LogP contribution in [0.5, 0.6) is 0 Å². The van der Waals surface area contributed by atoms with Gasteiger partial charge in [-0.1, -0.05) is 11.6 Å². The van der Waals surface area contributed by atoms with Crippen LogP contribution in [0.25, 0.3) is 0 Å². The number of carbonyl (C=O) groups excluding carboxylic acids is 1. The molecule has 1 amide bonds. The number of methoxy groups -OCH3 is 1. The van der Waals surface area contributed by atoms with Gasteiger partial charge in [0.2, 0.25) is 5.91 Å². The highest BCUT2D eigenvalue weighted by atomic mass is 35.5. The van der Waals surface area contributed by atoms with Gasteiger partial charge in [-0.15, -0.1) is 0 Å². The molecule has 0 bridgehead atoms. The van der Waals surface area contributed by atoms with Gasteiger partial charge in [-0.05, 0) is 25.1 Å². The number of anilines is 1. The Morgan fingerprint density at radius 3 is 2.89 bits per heavy atom. The Morgan fingerprint density at radius 2 is 2.28 bits per heavy atom. The first-order valence-corrected chi connectivity index (χ1v) is 5.88. The van der Waals surface area contributed by atoms with E-state index < -0.39 is 5.82 Å². The van der Waals surface area contributed by atoms with Crippen LogP contribution in [0.15, 0.2) is 18.2 Å². The molecule has 1 rings (SSSR count). The zero-order valence-corrected chi connectivity index (χ0v) is 11.1. The van der Waals surface area contributed by atoms with Crippen molar-refractivity contribution in [1.82, 2.24) is 5.32 Å². The summed E-state index contributed by atoms with van der Waals surface area (Å²) in [6.07, 6.45) is 0. The third kappa shape index (κ3) is 4.89. The Balaban J connectivity index is 2.40. The van der Waals surface area contributed by atoms with Crippen LogP contribution in [0.2, 0.25) is 5.02 Å². The number of hydrogen-bond acceptors (Lipinski definition) is 3. The Kier molecular flexibility index (Phi) is 5.88. The largest absolute Gasteiger partial charge is 0.383 e. The quantitative estimate of drug-likeness (QED) is 0.835. The van der Waals surface area contributed by atoms with E-state index in [0.717, 1.165) is 0 Å². The van der Waals surface area contributed by atoms with Crippen LogP contribution in [0.3, 0.4) is 0 Å². The van der Waals surface area contributed by atoms with Crippen molar-refractivity contribution in [2.75, 3.05) is 25.6 Å². The molecule has 0 aliphatic heterocycles. The average molecular weight is 275 g/mol. The molecule has 100 valence electrons. The van der Waals surface area contributed by atoms with E-state index in [1.165, 1.54) is 18.2 Å². The van der Waals surface area contributed by atoms with E-state index in [9.17, 15) is 9.18 Å². The van der Waals surface area contributed by atoms with Gasteiger partial charge in [0.15, 0.2) is 0 Å². The second kappa shape index (κ2) is 7.18. The molecule has 18 heavy (non-hydrogen) atoms. The van der Waals surface area contributed by atoms with Gasteiger partial charge in [0, 0.05) is 18.8 Å². The van der Waals surface area contributed by atoms with Crippen LogP contribution in [0.4, 0.5) is 10.1 Å². The first-order chi connectivity index (χ1) is 8.52. The van der Waals surface area contributed by atoms with Crippen LogP contribution >= 0.6 is 11.6 Å². The molecule has 0 saturated heterocycles. The lowest BCUT2D eigenvalue weighted by molar-refractivity contribution is -0.120. The van der Waals surface area contributed by atoms with Gasteiger partial charge < -0.3 is 15.4 Å². The summed E-state index contributed by atoms with van der Waals surface area (Å²) in [6, 6.07) is 4.15. The van der Waals surface area contributed by atoms with Crippen LogP contribution in [-0.4, -0.2) is 32.2 Å². The SMILES string of the molecule is COC[C@@H](C)NC(=O)CNc1ccc(F)c(Cl)c1. The summed E-state index contributed by atoms with van der Waals surface area (Å²) in [4.78, 5) is 11.5.